The van der Waals surface area contributed by atoms with Gasteiger partial charge in [-0.15, -0.1) is 0 Å². The summed E-state index contributed by atoms with van der Waals surface area (Å²) in [5.74, 6) is 0. The van der Waals surface area contributed by atoms with Gasteiger partial charge in [-0.25, -0.2) is 0 Å². The Balaban J connectivity index is 0.000000121. The standard InChI is InChI=1S/C37H33BO2.C31H21Br.C12H24B2O4/c1-35(2)32-18-16-23(38-39-36(3,4)37(5,6)40-38)19-29(32)30-20-28-26-14-10-9-13-25(26)27-17-15-22-11-7-8-12-24(22)34(27)31(28)21-33(30)35;1-31(2)28-14-12-19(32)15-25(28)26-16-24-22-10-6-5-9-21(22)23-13-11-18-7-3-4-8-20(18)30(23)27(24)17-29(26)31;1-9(2)10(3,4)16-13(15-9)14-17-11(5,6)12(7,8)18-14/h7-21H,1-6H3;3-17H,1-2H3;1-8H3. The maximum Gasteiger partial charge on any atom is 0.494 e. The molecule has 10 heteroatoms. The van der Waals surface area contributed by atoms with Crippen LogP contribution in [0.4, 0.5) is 0 Å². The fourth-order valence-electron chi connectivity index (χ4n) is 15.0. The van der Waals surface area contributed by atoms with Gasteiger partial charge >= 0.3 is 21.1 Å². The molecule has 0 bridgehead atoms. The van der Waals surface area contributed by atoms with Crippen LogP contribution in [0.2, 0.25) is 0 Å². The Hall–Kier alpha value is -6.85. The lowest BCUT2D eigenvalue weighted by molar-refractivity contribution is 0.00578. The zero-order valence-electron chi connectivity index (χ0n) is 54.9. The predicted molar refractivity (Wildman–Crippen MR) is 384 cm³/mol. The molecule has 450 valence electrons. The topological polar surface area (TPSA) is 55.4 Å². The molecule has 0 amide bonds. The van der Waals surface area contributed by atoms with Crippen LogP contribution in [0.5, 0.6) is 0 Å². The van der Waals surface area contributed by atoms with Gasteiger partial charge in [0.15, 0.2) is 0 Å². The van der Waals surface area contributed by atoms with Gasteiger partial charge in [-0.05, 0) is 256 Å². The van der Waals surface area contributed by atoms with Crippen molar-refractivity contribution in [1.82, 2.24) is 0 Å². The Morgan fingerprint density at radius 1 is 0.267 bits per heavy atom. The summed E-state index contributed by atoms with van der Waals surface area (Å²) in [6.45, 7) is 34.1. The summed E-state index contributed by atoms with van der Waals surface area (Å²) in [4.78, 5) is 0. The summed E-state index contributed by atoms with van der Waals surface area (Å²) in [6, 6.07) is 67.9. The van der Waals surface area contributed by atoms with Crippen molar-refractivity contribution in [3.05, 3.63) is 209 Å². The van der Waals surface area contributed by atoms with Gasteiger partial charge in [0.25, 0.3) is 0 Å². The first-order chi connectivity index (χ1) is 42.5. The summed E-state index contributed by atoms with van der Waals surface area (Å²) in [7, 11) is -1.33. The van der Waals surface area contributed by atoms with Gasteiger partial charge in [0.2, 0.25) is 0 Å². The Labute approximate surface area is 539 Å². The van der Waals surface area contributed by atoms with Crippen LogP contribution in [-0.2, 0) is 38.8 Å². The van der Waals surface area contributed by atoms with E-state index in [1.54, 1.807) is 0 Å². The number of hydrogen-bond donors (Lipinski definition) is 0. The van der Waals surface area contributed by atoms with E-state index in [0.29, 0.717) is 0 Å². The highest BCUT2D eigenvalue weighted by Gasteiger charge is 2.64. The van der Waals surface area contributed by atoms with Crippen LogP contribution in [0.3, 0.4) is 0 Å². The molecule has 2 aliphatic carbocycles. The second kappa shape index (κ2) is 20.1. The number of rotatable bonds is 2. The third-order valence-electron chi connectivity index (χ3n) is 22.3. The summed E-state index contributed by atoms with van der Waals surface area (Å²) in [5.41, 5.74) is 9.64. The van der Waals surface area contributed by atoms with Crippen molar-refractivity contribution in [2.75, 3.05) is 0 Å². The van der Waals surface area contributed by atoms with Gasteiger partial charge in [0.05, 0.1) is 33.6 Å². The molecule has 3 fully saturated rings. The third kappa shape index (κ3) is 8.89. The molecule has 0 saturated carbocycles. The molecule has 0 atom stereocenters. The number of fused-ring (bicyclic) bond motifs is 22. The quantitative estimate of drug-likeness (QED) is 0.127. The average molecular weight is 1250 g/mol. The Morgan fingerprint density at radius 2 is 0.600 bits per heavy atom. The van der Waals surface area contributed by atoms with E-state index < -0.39 is 14.0 Å². The summed E-state index contributed by atoms with van der Waals surface area (Å²) in [5, 5.41) is 21.2. The molecule has 0 N–H and O–H groups in total. The van der Waals surface area contributed by atoms with Gasteiger partial charge < -0.3 is 27.9 Å². The van der Waals surface area contributed by atoms with Gasteiger partial charge in [0, 0.05) is 15.3 Å². The molecular formula is C80H78B3BrO6. The average Bonchev–Trinajstić information content (AvgIpc) is 1.37. The van der Waals surface area contributed by atoms with Crippen molar-refractivity contribution < 1.29 is 27.9 Å². The van der Waals surface area contributed by atoms with Crippen molar-refractivity contribution in [3.8, 4) is 22.3 Å². The maximum absolute atomic E-state index is 6.44. The van der Waals surface area contributed by atoms with E-state index in [0.717, 1.165) is 9.94 Å². The van der Waals surface area contributed by atoms with Crippen LogP contribution in [0.1, 0.15) is 133 Å². The molecule has 3 aliphatic heterocycles. The SMILES string of the molecule is CC1(C)OB(B2OC(C)(C)C(C)(C)O2)OC1(C)C.CC1(C)c2ccc(B3OC(C)(C)C(C)(C)O3)cc2-c2cc3c4ccccc4c4ccc5ccccc5c4c3cc21.CC1(C)c2ccc(Br)cc2-c2cc3c4ccccc4c4ccc5ccccc5c4c3cc21. The summed E-state index contributed by atoms with van der Waals surface area (Å²) in [6.07, 6.45) is 0. The smallest absolute Gasteiger partial charge is 0.405 e. The molecule has 17 rings (SSSR count). The fourth-order valence-corrected chi connectivity index (χ4v) is 15.4. The molecule has 12 aromatic rings. The van der Waals surface area contributed by atoms with Crippen molar-refractivity contribution in [1.29, 1.82) is 0 Å². The van der Waals surface area contributed by atoms with Crippen molar-refractivity contribution in [2.45, 2.75) is 155 Å². The highest BCUT2D eigenvalue weighted by atomic mass is 79.9. The normalized spacial score (nSPS) is 19.8. The van der Waals surface area contributed by atoms with Crippen LogP contribution in [0.15, 0.2) is 186 Å². The van der Waals surface area contributed by atoms with Crippen molar-refractivity contribution >= 4 is 129 Å². The van der Waals surface area contributed by atoms with E-state index >= 15 is 0 Å². The van der Waals surface area contributed by atoms with Gasteiger partial charge in [-0.3, -0.25) is 0 Å². The second-order valence-corrected chi connectivity index (χ2v) is 30.9. The highest BCUT2D eigenvalue weighted by molar-refractivity contribution is 9.10. The third-order valence-corrected chi connectivity index (χ3v) is 22.8. The monoisotopic (exact) mass is 1250 g/mol. The van der Waals surface area contributed by atoms with Crippen molar-refractivity contribution in [3.63, 3.8) is 0 Å². The summed E-state index contributed by atoms with van der Waals surface area (Å²) < 4.78 is 37.9. The number of hydrogen-bond acceptors (Lipinski definition) is 6. The lowest BCUT2D eigenvalue weighted by Crippen LogP contribution is -2.41. The molecule has 6 nitrogen and oxygen atoms in total. The Bertz CT molecular complexity index is 4960. The van der Waals surface area contributed by atoms with E-state index in [1.165, 1.54) is 131 Å². The van der Waals surface area contributed by atoms with E-state index in [4.69, 9.17) is 27.9 Å². The molecule has 12 aromatic carbocycles. The first-order valence-electron chi connectivity index (χ1n) is 32.1. The van der Waals surface area contributed by atoms with Crippen molar-refractivity contribution in [2.24, 2.45) is 0 Å². The molecule has 0 unspecified atom stereocenters. The predicted octanol–water partition coefficient (Wildman–Crippen LogP) is 20.5. The van der Waals surface area contributed by atoms with Crippen LogP contribution >= 0.6 is 15.9 Å². The van der Waals surface area contributed by atoms with Crippen LogP contribution < -0.4 is 5.46 Å². The number of halogens is 1. The minimum absolute atomic E-state index is 0.0257. The molecular weight excluding hydrogens is 1170 g/mol. The zero-order valence-corrected chi connectivity index (χ0v) is 56.5. The molecule has 0 aromatic heterocycles. The lowest BCUT2D eigenvalue weighted by Gasteiger charge is -2.32. The number of benzene rings is 12. The minimum Gasteiger partial charge on any atom is -0.405 e. The van der Waals surface area contributed by atoms with Crippen LogP contribution in [0, 0.1) is 0 Å². The maximum atomic E-state index is 6.44. The van der Waals surface area contributed by atoms with Gasteiger partial charge in [0.1, 0.15) is 0 Å². The Kier molecular flexibility index (Phi) is 13.3. The lowest BCUT2D eigenvalue weighted by atomic mass is 9.49. The molecule has 5 aliphatic rings. The summed E-state index contributed by atoms with van der Waals surface area (Å²) >= 11 is 3.70. The highest BCUT2D eigenvalue weighted by Crippen LogP contribution is 2.55. The minimum atomic E-state index is -0.476. The van der Waals surface area contributed by atoms with Gasteiger partial charge in [-0.2, -0.15) is 0 Å². The molecule has 90 heavy (non-hydrogen) atoms. The zero-order chi connectivity index (χ0) is 63.2. The van der Waals surface area contributed by atoms with E-state index in [-0.39, 0.29) is 51.6 Å². The molecule has 0 radical (unpaired) electrons. The van der Waals surface area contributed by atoms with Gasteiger partial charge in [-0.1, -0.05) is 189 Å². The first kappa shape index (κ1) is 59.5. The molecule has 0 spiro atoms. The Morgan fingerprint density at radius 3 is 1.01 bits per heavy atom. The second-order valence-electron chi connectivity index (χ2n) is 30.0. The largest absolute Gasteiger partial charge is 0.494 e. The van der Waals surface area contributed by atoms with Crippen LogP contribution in [0.25, 0.3) is 108 Å². The van der Waals surface area contributed by atoms with Crippen LogP contribution in [-0.4, -0.2) is 54.7 Å². The fraction of sp³-hybridized carbons (Fsp3) is 0.300. The van der Waals surface area contributed by atoms with E-state index in [1.807, 2.05) is 55.4 Å². The molecule has 3 saturated heterocycles. The van der Waals surface area contributed by atoms with E-state index in [9.17, 15) is 0 Å². The first-order valence-corrected chi connectivity index (χ1v) is 32.9. The molecule has 3 heterocycles. The van der Waals surface area contributed by atoms with E-state index in [2.05, 4.69) is 253 Å².